The van der Waals surface area contributed by atoms with E-state index in [4.69, 9.17) is 5.11 Å². The molecule has 0 aliphatic carbocycles. The lowest BCUT2D eigenvalue weighted by molar-refractivity contribution is -0.143. The smallest absolute Gasteiger partial charge is 0.306 e. The molecule has 9 heteroatoms. The second-order valence-corrected chi connectivity index (χ2v) is 11.1. The Morgan fingerprint density at radius 2 is 1.13 bits per heavy atom. The first-order valence-corrected chi connectivity index (χ1v) is 16.0. The molecule has 0 fully saturated rings. The predicted octanol–water partition coefficient (Wildman–Crippen LogP) is 5.91. The fraction of sp³-hybridized carbons (Fsp3) is 0.500. The Kier molecular flexibility index (Phi) is 26.7. The minimum Gasteiger partial charge on any atom is -0.481 e. The molecule has 0 aromatic heterocycles. The molecule has 0 heterocycles. The topological polar surface area (TPSA) is 116 Å². The molecule has 7 nitrogen and oxygen atoms in total. The lowest BCUT2D eigenvalue weighted by Crippen LogP contribution is -2.37. The van der Waals surface area contributed by atoms with Gasteiger partial charge in [0.15, 0.2) is 0 Å². The van der Waals surface area contributed by atoms with Crippen molar-refractivity contribution < 1.29 is 24.6 Å². The minimum atomic E-state index is -1.52. The zero-order valence-electron chi connectivity index (χ0n) is 23.1. The van der Waals surface area contributed by atoms with Crippen molar-refractivity contribution in [3.8, 4) is 0 Å². The van der Waals surface area contributed by atoms with Crippen LogP contribution in [0.5, 0.6) is 0 Å². The highest BCUT2D eigenvalue weighted by molar-refractivity contribution is 8.76. The molecule has 0 aliphatic heterocycles. The van der Waals surface area contributed by atoms with Gasteiger partial charge in [-0.05, 0) is 44.9 Å². The van der Waals surface area contributed by atoms with Crippen molar-refractivity contribution in [1.29, 1.82) is 0 Å². The van der Waals surface area contributed by atoms with E-state index < -0.39 is 24.4 Å². The van der Waals surface area contributed by atoms with Crippen LogP contribution in [-0.4, -0.2) is 58.7 Å². The summed E-state index contributed by atoms with van der Waals surface area (Å²) in [5, 5.41) is 23.3. The molecule has 0 aliphatic rings. The first-order chi connectivity index (χ1) is 19.0. The maximum atomic E-state index is 11.9. The van der Waals surface area contributed by atoms with E-state index in [1.807, 2.05) is 6.08 Å². The second kappa shape index (κ2) is 28.5. The van der Waals surface area contributed by atoms with E-state index in [-0.39, 0.29) is 5.91 Å². The third-order valence-corrected chi connectivity index (χ3v) is 7.29. The Labute approximate surface area is 242 Å². The van der Waals surface area contributed by atoms with Crippen LogP contribution in [0, 0.1) is 0 Å². The quantitative estimate of drug-likeness (QED) is 0.0639. The number of amides is 2. The van der Waals surface area contributed by atoms with Crippen molar-refractivity contribution in [1.82, 2.24) is 10.6 Å². The number of rotatable bonds is 24. The second-order valence-electron chi connectivity index (χ2n) is 8.35. The Hall–Kier alpha value is -2.49. The summed E-state index contributed by atoms with van der Waals surface area (Å²) in [6, 6.07) is 0. The molecule has 0 radical (unpaired) electrons. The number of carboxylic acid groups (broad SMARTS) is 1. The first kappa shape index (κ1) is 36.5. The lowest BCUT2D eigenvalue weighted by Gasteiger charge is -2.09. The molecular weight excluding hydrogens is 532 g/mol. The van der Waals surface area contributed by atoms with E-state index in [1.165, 1.54) is 10.8 Å². The molecule has 2 amide bonds. The Morgan fingerprint density at radius 1 is 0.692 bits per heavy atom. The lowest BCUT2D eigenvalue weighted by atomic mass is 10.2. The molecule has 4 N–H and O–H groups in total. The first-order valence-electron chi connectivity index (χ1n) is 13.6. The summed E-state index contributed by atoms with van der Waals surface area (Å²) in [5.41, 5.74) is 0. The van der Waals surface area contributed by atoms with Gasteiger partial charge < -0.3 is 20.8 Å². The molecule has 0 spiro atoms. The van der Waals surface area contributed by atoms with Gasteiger partial charge in [-0.3, -0.25) is 14.4 Å². The number of aliphatic hydroxyl groups excluding tert-OH is 1. The van der Waals surface area contributed by atoms with Crippen LogP contribution in [0.25, 0.3) is 0 Å². The SMILES string of the molecule is CC/C=C\C/C=C\C/C=C\C/C=C\C/C=C\C/C=C\CCC(=O)NCCSSCCNC(=O)C(O)CC(=O)O. The number of carbonyl (C=O) groups excluding carboxylic acids is 2. The van der Waals surface area contributed by atoms with Gasteiger partial charge in [0.25, 0.3) is 0 Å². The van der Waals surface area contributed by atoms with Crippen LogP contribution in [0.15, 0.2) is 72.9 Å². The van der Waals surface area contributed by atoms with Crippen molar-refractivity contribution in [2.24, 2.45) is 0 Å². The van der Waals surface area contributed by atoms with Crippen molar-refractivity contribution in [2.75, 3.05) is 24.6 Å². The third kappa shape index (κ3) is 28.3. The number of aliphatic carboxylic acids is 1. The summed E-state index contributed by atoms with van der Waals surface area (Å²) >= 11 is 0. The van der Waals surface area contributed by atoms with Gasteiger partial charge in [-0.1, -0.05) is 101 Å². The van der Waals surface area contributed by atoms with Crippen LogP contribution >= 0.6 is 21.6 Å². The molecule has 0 saturated carbocycles. The number of allylic oxidation sites excluding steroid dienone is 12. The molecule has 1 unspecified atom stereocenters. The summed E-state index contributed by atoms with van der Waals surface area (Å²) in [6.45, 7) is 3.05. The van der Waals surface area contributed by atoms with Crippen LogP contribution in [0.3, 0.4) is 0 Å². The van der Waals surface area contributed by atoms with Gasteiger partial charge in [0.2, 0.25) is 11.8 Å². The van der Waals surface area contributed by atoms with Crippen molar-refractivity contribution in [3.05, 3.63) is 72.9 Å². The van der Waals surface area contributed by atoms with E-state index in [2.05, 4.69) is 84.4 Å². The van der Waals surface area contributed by atoms with Gasteiger partial charge in [0.05, 0.1) is 6.42 Å². The molecule has 0 bridgehead atoms. The van der Waals surface area contributed by atoms with E-state index in [0.717, 1.165) is 44.3 Å². The molecule has 39 heavy (non-hydrogen) atoms. The van der Waals surface area contributed by atoms with Crippen LogP contribution in [0.1, 0.15) is 64.7 Å². The van der Waals surface area contributed by atoms with E-state index in [0.29, 0.717) is 31.7 Å². The Morgan fingerprint density at radius 3 is 1.59 bits per heavy atom. The van der Waals surface area contributed by atoms with Crippen LogP contribution in [-0.2, 0) is 14.4 Å². The van der Waals surface area contributed by atoms with Crippen LogP contribution < -0.4 is 10.6 Å². The van der Waals surface area contributed by atoms with Crippen molar-refractivity contribution >= 4 is 39.4 Å². The highest BCUT2D eigenvalue weighted by atomic mass is 33.1. The maximum Gasteiger partial charge on any atom is 0.306 e. The molecule has 0 aromatic rings. The fourth-order valence-electron chi connectivity index (χ4n) is 2.88. The van der Waals surface area contributed by atoms with Gasteiger partial charge in [-0.25, -0.2) is 0 Å². The molecule has 218 valence electrons. The van der Waals surface area contributed by atoms with Gasteiger partial charge in [-0.15, -0.1) is 0 Å². The monoisotopic (exact) mass is 578 g/mol. The van der Waals surface area contributed by atoms with E-state index in [9.17, 15) is 19.5 Å². The number of aliphatic hydroxyl groups is 1. The van der Waals surface area contributed by atoms with Gasteiger partial charge in [0, 0.05) is 31.0 Å². The third-order valence-electron chi connectivity index (χ3n) is 4.88. The highest BCUT2D eigenvalue weighted by Crippen LogP contribution is 2.19. The maximum absolute atomic E-state index is 11.9. The molecule has 1 atom stereocenters. The number of carbonyl (C=O) groups is 3. The average Bonchev–Trinajstić information content (AvgIpc) is 2.90. The molecule has 0 aromatic carbocycles. The number of carboxylic acids is 1. The zero-order valence-corrected chi connectivity index (χ0v) is 24.8. The number of hydrogen-bond donors (Lipinski definition) is 4. The largest absolute Gasteiger partial charge is 0.481 e. The molecule has 0 saturated heterocycles. The van der Waals surface area contributed by atoms with E-state index >= 15 is 0 Å². The predicted molar refractivity (Wildman–Crippen MR) is 167 cm³/mol. The zero-order chi connectivity index (χ0) is 28.8. The van der Waals surface area contributed by atoms with Gasteiger partial charge in [-0.2, -0.15) is 0 Å². The van der Waals surface area contributed by atoms with Gasteiger partial charge in [0.1, 0.15) is 6.10 Å². The normalized spacial score (nSPS) is 13.1. The number of nitrogens with one attached hydrogen (secondary N) is 2. The summed E-state index contributed by atoms with van der Waals surface area (Å²) in [6.07, 6.45) is 30.8. The number of hydrogen-bond acceptors (Lipinski definition) is 6. The highest BCUT2D eigenvalue weighted by Gasteiger charge is 2.17. The summed E-state index contributed by atoms with van der Waals surface area (Å²) in [5.74, 6) is -0.511. The molecule has 0 rings (SSSR count). The standard InChI is InChI=1S/C30H46N2O5S2/c1-2-3-4-5-6-7-8-9-10-11-12-13-14-15-16-17-18-19-20-21-28(34)31-22-24-38-39-25-23-32-30(37)27(33)26-29(35)36/h3-4,6-7,9-10,12-13,15-16,18-19,27,33H,2,5,8,11,14,17,20-26H2,1H3,(H,31,34)(H,32,37)(H,35,36)/b4-3-,7-6-,10-9-,13-12-,16-15-,19-18-. The summed E-state index contributed by atoms with van der Waals surface area (Å²) in [7, 11) is 3.12. The van der Waals surface area contributed by atoms with Crippen LogP contribution in [0.2, 0.25) is 0 Å². The summed E-state index contributed by atoms with van der Waals surface area (Å²) in [4.78, 5) is 33.8. The Bertz CT molecular complexity index is 835. The van der Waals surface area contributed by atoms with E-state index in [1.54, 1.807) is 10.8 Å². The van der Waals surface area contributed by atoms with Crippen LogP contribution in [0.4, 0.5) is 0 Å². The fourth-order valence-corrected chi connectivity index (χ4v) is 4.70. The average molecular weight is 579 g/mol. The summed E-state index contributed by atoms with van der Waals surface area (Å²) < 4.78 is 0. The molecular formula is C30H46N2O5S2. The minimum absolute atomic E-state index is 0.0276. The Balaban J connectivity index is 3.58. The van der Waals surface area contributed by atoms with Gasteiger partial charge >= 0.3 is 5.97 Å². The van der Waals surface area contributed by atoms with Crippen molar-refractivity contribution in [3.63, 3.8) is 0 Å². The van der Waals surface area contributed by atoms with Crippen molar-refractivity contribution in [2.45, 2.75) is 70.8 Å².